The molecule has 2 aliphatic heterocycles. The summed E-state index contributed by atoms with van der Waals surface area (Å²) in [5, 5.41) is 18.8. The van der Waals surface area contributed by atoms with Crippen molar-refractivity contribution in [3.8, 4) is 23.3 Å². The number of rotatable bonds is 8. The summed E-state index contributed by atoms with van der Waals surface area (Å²) in [4.78, 5) is 32.7. The highest BCUT2D eigenvalue weighted by Gasteiger charge is 2.33. The number of thioether (sulfide) groups is 1. The largest absolute Gasteiger partial charge is 0.452 e. The number of halogens is 1. The number of carbonyl (C=O) groups excluding carboxylic acids is 1. The summed E-state index contributed by atoms with van der Waals surface area (Å²) < 4.78 is 19.9. The molecule has 2 fully saturated rings. The Bertz CT molecular complexity index is 1740. The van der Waals surface area contributed by atoms with Gasteiger partial charge >= 0.3 is 6.01 Å². The molecule has 2 atom stereocenters. The van der Waals surface area contributed by atoms with Crippen molar-refractivity contribution in [3.63, 3.8) is 0 Å². The number of nitriles is 1. The Morgan fingerprint density at radius 3 is 2.84 bits per heavy atom. The number of fused-ring (bicyclic) bond motifs is 2. The van der Waals surface area contributed by atoms with Crippen molar-refractivity contribution in [2.75, 3.05) is 44.1 Å². The summed E-state index contributed by atoms with van der Waals surface area (Å²) >= 11 is 1.71. The maximum absolute atomic E-state index is 13.8. The summed E-state index contributed by atoms with van der Waals surface area (Å²) in [5.74, 6) is -0.857. The quantitative estimate of drug-likeness (QED) is 0.229. The van der Waals surface area contributed by atoms with E-state index in [0.717, 1.165) is 47.1 Å². The molecular formula is C30H32FN9O2S. The minimum Gasteiger partial charge on any atom is -0.452 e. The van der Waals surface area contributed by atoms with E-state index in [4.69, 9.17) is 19.7 Å². The number of aryl methyl sites for hydroxylation is 1. The maximum Gasteiger partial charge on any atom is 0.321 e. The van der Waals surface area contributed by atoms with Crippen LogP contribution in [0.1, 0.15) is 24.8 Å². The van der Waals surface area contributed by atoms with Crippen molar-refractivity contribution >= 4 is 45.4 Å². The Kier molecular flexibility index (Phi) is 8.14. The second kappa shape index (κ2) is 12.1. The lowest BCUT2D eigenvalue weighted by molar-refractivity contribution is -0.131. The monoisotopic (exact) mass is 601 g/mol. The van der Waals surface area contributed by atoms with Crippen LogP contribution in [0, 0.1) is 18.3 Å². The Balaban J connectivity index is 1.38. The molecule has 1 N–H and O–H groups in total. The Labute approximate surface area is 252 Å². The maximum atomic E-state index is 13.8. The second-order valence-corrected chi connectivity index (χ2v) is 12.0. The summed E-state index contributed by atoms with van der Waals surface area (Å²) in [7, 11) is 2.11. The second-order valence-electron chi connectivity index (χ2n) is 10.9. The standard InChI is InChI=1S/C30H32FN9O2S/c1-18-6-8-23-22(15-33-37-23)26(18)24-9-7-21-27(34-24)35-30(42-17-43-25-5-4-12-38(25)3)36-28(21)39-13-14-40(29(41)19(2)31)20(16-39)10-11-32/h6-9,15,20,25H,2,4-5,10,12-14,16-17H2,1,3H3,(H,33,37)/t20-,25+/m0/s1. The van der Waals surface area contributed by atoms with Gasteiger partial charge in [0.15, 0.2) is 11.5 Å². The molecule has 1 amide bonds. The van der Waals surface area contributed by atoms with Gasteiger partial charge in [0.25, 0.3) is 5.91 Å². The van der Waals surface area contributed by atoms with Gasteiger partial charge in [0, 0.05) is 30.6 Å². The molecule has 4 aromatic rings. The van der Waals surface area contributed by atoms with Gasteiger partial charge in [0.1, 0.15) is 11.8 Å². The number of nitrogens with zero attached hydrogens (tertiary/aromatic N) is 8. The van der Waals surface area contributed by atoms with Gasteiger partial charge in [-0.15, -0.1) is 11.8 Å². The smallest absolute Gasteiger partial charge is 0.321 e. The molecule has 222 valence electrons. The van der Waals surface area contributed by atoms with Crippen LogP contribution in [0.15, 0.2) is 42.9 Å². The fourth-order valence-electron chi connectivity index (χ4n) is 5.89. The van der Waals surface area contributed by atoms with Gasteiger partial charge in [-0.1, -0.05) is 12.6 Å². The van der Waals surface area contributed by atoms with E-state index >= 15 is 0 Å². The summed E-state index contributed by atoms with van der Waals surface area (Å²) in [6.07, 6.45) is 4.11. The molecule has 0 bridgehead atoms. The molecule has 11 nitrogen and oxygen atoms in total. The molecule has 0 saturated carbocycles. The van der Waals surface area contributed by atoms with E-state index < -0.39 is 17.8 Å². The first-order valence-electron chi connectivity index (χ1n) is 14.2. The van der Waals surface area contributed by atoms with E-state index in [1.165, 1.54) is 4.90 Å². The first-order chi connectivity index (χ1) is 20.8. The molecule has 6 rings (SSSR count). The first-order valence-corrected chi connectivity index (χ1v) is 15.2. The number of H-pyrrole nitrogens is 1. The van der Waals surface area contributed by atoms with Crippen LogP contribution in [0.25, 0.3) is 33.2 Å². The first kappa shape index (κ1) is 28.8. The minimum atomic E-state index is -1.04. The van der Waals surface area contributed by atoms with Gasteiger partial charge in [-0.3, -0.25) is 14.8 Å². The number of hydrogen-bond donors (Lipinski definition) is 1. The molecule has 0 aliphatic carbocycles. The lowest BCUT2D eigenvalue weighted by Crippen LogP contribution is -2.55. The number of amides is 1. The van der Waals surface area contributed by atoms with E-state index in [2.05, 4.69) is 34.8 Å². The number of carbonyl (C=O) groups is 1. The predicted octanol–water partition coefficient (Wildman–Crippen LogP) is 4.41. The number of benzene rings is 1. The van der Waals surface area contributed by atoms with E-state index in [-0.39, 0.29) is 25.5 Å². The number of aromatic nitrogens is 5. The molecule has 2 saturated heterocycles. The molecular weight excluding hydrogens is 569 g/mol. The summed E-state index contributed by atoms with van der Waals surface area (Å²) in [6.45, 7) is 7.14. The topological polar surface area (TPSA) is 127 Å². The number of hydrogen-bond acceptors (Lipinski definition) is 10. The van der Waals surface area contributed by atoms with Gasteiger partial charge in [0.2, 0.25) is 0 Å². The molecule has 0 radical (unpaired) electrons. The zero-order valence-electron chi connectivity index (χ0n) is 24.1. The van der Waals surface area contributed by atoms with Gasteiger partial charge in [-0.2, -0.15) is 20.3 Å². The number of piperazine rings is 1. The third-order valence-corrected chi connectivity index (χ3v) is 9.35. The summed E-state index contributed by atoms with van der Waals surface area (Å²) in [6, 6.07) is 9.70. The van der Waals surface area contributed by atoms with Crippen molar-refractivity contribution in [3.05, 3.63) is 48.4 Å². The molecule has 5 heterocycles. The minimum absolute atomic E-state index is 0.0455. The average molecular weight is 602 g/mol. The molecule has 13 heteroatoms. The van der Waals surface area contributed by atoms with Crippen LogP contribution in [-0.2, 0) is 4.79 Å². The molecule has 0 spiro atoms. The van der Waals surface area contributed by atoms with E-state index in [1.54, 1.807) is 18.0 Å². The average Bonchev–Trinajstić information content (AvgIpc) is 3.65. The fraction of sp³-hybridized carbons (Fsp3) is 0.400. The Hall–Kier alpha value is -4.28. The molecule has 0 unspecified atom stereocenters. The van der Waals surface area contributed by atoms with E-state index in [1.807, 2.05) is 36.1 Å². The zero-order chi connectivity index (χ0) is 30.1. The van der Waals surface area contributed by atoms with Crippen molar-refractivity contribution in [2.45, 2.75) is 37.6 Å². The highest BCUT2D eigenvalue weighted by molar-refractivity contribution is 7.99. The van der Waals surface area contributed by atoms with Gasteiger partial charge in [0.05, 0.1) is 46.7 Å². The van der Waals surface area contributed by atoms with Crippen LogP contribution in [-0.4, -0.2) is 91.4 Å². The lowest BCUT2D eigenvalue weighted by atomic mass is 10.0. The molecule has 3 aromatic heterocycles. The van der Waals surface area contributed by atoms with E-state index in [9.17, 15) is 14.4 Å². The number of anilines is 1. The van der Waals surface area contributed by atoms with Gasteiger partial charge in [-0.05, 0) is 57.1 Å². The SMILES string of the molecule is C=C(F)C(=O)N1CCN(c2nc(OCS[C@@H]3CCCN3C)nc3nc(-c4c(C)ccc5[nH]ncc45)ccc23)C[C@@H]1CC#N. The van der Waals surface area contributed by atoms with Crippen LogP contribution in [0.2, 0.25) is 0 Å². The lowest BCUT2D eigenvalue weighted by Gasteiger charge is -2.41. The van der Waals surface area contributed by atoms with Crippen molar-refractivity contribution in [1.82, 2.24) is 34.9 Å². The van der Waals surface area contributed by atoms with Crippen LogP contribution < -0.4 is 9.64 Å². The van der Waals surface area contributed by atoms with Crippen molar-refractivity contribution in [2.24, 2.45) is 0 Å². The molecule has 43 heavy (non-hydrogen) atoms. The number of pyridine rings is 1. The highest BCUT2D eigenvalue weighted by atomic mass is 32.2. The zero-order valence-corrected chi connectivity index (χ0v) is 24.9. The van der Waals surface area contributed by atoms with Crippen LogP contribution >= 0.6 is 11.8 Å². The van der Waals surface area contributed by atoms with E-state index in [0.29, 0.717) is 34.7 Å². The number of likely N-dealkylation sites (tertiary alicyclic amines) is 1. The fourth-order valence-corrected chi connectivity index (χ4v) is 6.92. The van der Waals surface area contributed by atoms with Gasteiger partial charge in [-0.25, -0.2) is 9.37 Å². The van der Waals surface area contributed by atoms with Crippen molar-refractivity contribution < 1.29 is 13.9 Å². The number of nitrogens with one attached hydrogen (secondary N) is 1. The number of ether oxygens (including phenoxy) is 1. The van der Waals surface area contributed by atoms with Crippen molar-refractivity contribution in [1.29, 1.82) is 5.26 Å². The predicted molar refractivity (Wildman–Crippen MR) is 164 cm³/mol. The van der Waals surface area contributed by atoms with Crippen LogP contribution in [0.3, 0.4) is 0 Å². The molecule has 2 aliphatic rings. The van der Waals surface area contributed by atoms with Crippen LogP contribution in [0.5, 0.6) is 6.01 Å². The van der Waals surface area contributed by atoms with Crippen LogP contribution in [0.4, 0.5) is 10.2 Å². The summed E-state index contributed by atoms with van der Waals surface area (Å²) in [5.41, 5.74) is 4.14. The Morgan fingerprint density at radius 1 is 1.21 bits per heavy atom. The van der Waals surface area contributed by atoms with Gasteiger partial charge < -0.3 is 14.5 Å². The number of aromatic amines is 1. The Morgan fingerprint density at radius 2 is 2.07 bits per heavy atom. The molecule has 1 aromatic carbocycles. The normalized spacial score (nSPS) is 19.2. The third-order valence-electron chi connectivity index (χ3n) is 8.11. The third kappa shape index (κ3) is 5.72. The highest BCUT2D eigenvalue weighted by Crippen LogP contribution is 2.34.